The van der Waals surface area contributed by atoms with E-state index < -0.39 is 4.92 Å². The van der Waals surface area contributed by atoms with Crippen molar-refractivity contribution in [3.8, 4) is 17.2 Å². The number of non-ortho nitro benzene ring substituents is 1. The fraction of sp³-hybridized carbons (Fsp3) is 0.211. The SMILES string of the molecule is COc1cc(OC)c(OC)cc1CNC(=O)/C=C/c1cccc([N+](=O)[O-])c1. The van der Waals surface area contributed by atoms with Crippen LogP contribution in [0.5, 0.6) is 17.2 Å². The second-order valence-electron chi connectivity index (χ2n) is 5.42. The minimum absolute atomic E-state index is 0.0346. The molecule has 0 aliphatic carbocycles. The number of rotatable bonds is 8. The first-order valence-electron chi connectivity index (χ1n) is 7.97. The first-order valence-corrected chi connectivity index (χ1v) is 7.97. The molecule has 0 heterocycles. The van der Waals surface area contributed by atoms with Crippen LogP contribution in [0.25, 0.3) is 6.08 Å². The van der Waals surface area contributed by atoms with Gasteiger partial charge in [-0.15, -0.1) is 0 Å². The molecule has 0 radical (unpaired) electrons. The van der Waals surface area contributed by atoms with E-state index in [0.29, 0.717) is 28.4 Å². The third-order valence-corrected chi connectivity index (χ3v) is 3.75. The van der Waals surface area contributed by atoms with Crippen molar-refractivity contribution in [3.05, 3.63) is 63.7 Å². The van der Waals surface area contributed by atoms with Gasteiger partial charge in [-0.2, -0.15) is 0 Å². The maximum atomic E-state index is 12.1. The number of amides is 1. The largest absolute Gasteiger partial charge is 0.496 e. The normalized spacial score (nSPS) is 10.5. The molecular weight excluding hydrogens is 352 g/mol. The van der Waals surface area contributed by atoms with Crippen molar-refractivity contribution in [2.75, 3.05) is 21.3 Å². The predicted molar refractivity (Wildman–Crippen MR) is 100 cm³/mol. The van der Waals surface area contributed by atoms with Gasteiger partial charge in [0.15, 0.2) is 11.5 Å². The Labute approximate surface area is 156 Å². The number of ether oxygens (including phenoxy) is 3. The zero-order chi connectivity index (χ0) is 19.8. The highest BCUT2D eigenvalue weighted by Gasteiger charge is 2.12. The van der Waals surface area contributed by atoms with E-state index in [1.54, 1.807) is 24.3 Å². The van der Waals surface area contributed by atoms with Gasteiger partial charge in [0.25, 0.3) is 5.69 Å². The lowest BCUT2D eigenvalue weighted by Crippen LogP contribution is -2.20. The van der Waals surface area contributed by atoms with Crippen LogP contribution in [0.2, 0.25) is 0 Å². The van der Waals surface area contributed by atoms with Gasteiger partial charge in [0.1, 0.15) is 5.75 Å². The average molecular weight is 372 g/mol. The lowest BCUT2D eigenvalue weighted by atomic mass is 10.1. The molecule has 2 aromatic carbocycles. The van der Waals surface area contributed by atoms with E-state index >= 15 is 0 Å². The van der Waals surface area contributed by atoms with Gasteiger partial charge in [-0.3, -0.25) is 14.9 Å². The van der Waals surface area contributed by atoms with Crippen LogP contribution in [0.1, 0.15) is 11.1 Å². The van der Waals surface area contributed by atoms with Gasteiger partial charge < -0.3 is 19.5 Å². The van der Waals surface area contributed by atoms with E-state index in [1.807, 2.05) is 0 Å². The Kier molecular flexibility index (Phi) is 6.76. The molecule has 2 rings (SSSR count). The Morgan fingerprint density at radius 1 is 1.07 bits per heavy atom. The highest BCUT2D eigenvalue weighted by molar-refractivity contribution is 5.91. The summed E-state index contributed by atoms with van der Waals surface area (Å²) in [6, 6.07) is 9.42. The molecule has 0 atom stereocenters. The summed E-state index contributed by atoms with van der Waals surface area (Å²) in [5, 5.41) is 13.5. The quantitative estimate of drug-likeness (QED) is 0.434. The van der Waals surface area contributed by atoms with Crippen LogP contribution >= 0.6 is 0 Å². The molecule has 2 aromatic rings. The molecule has 1 amide bonds. The fourth-order valence-corrected chi connectivity index (χ4v) is 2.39. The molecule has 0 aliphatic heterocycles. The van der Waals surface area contributed by atoms with E-state index in [9.17, 15) is 14.9 Å². The third-order valence-electron chi connectivity index (χ3n) is 3.75. The van der Waals surface area contributed by atoms with Crippen LogP contribution in [0.15, 0.2) is 42.5 Å². The number of hydrogen-bond acceptors (Lipinski definition) is 6. The second kappa shape index (κ2) is 9.23. The maximum absolute atomic E-state index is 12.1. The topological polar surface area (TPSA) is 99.9 Å². The van der Waals surface area contributed by atoms with Crippen molar-refractivity contribution in [2.24, 2.45) is 0 Å². The summed E-state index contributed by atoms with van der Waals surface area (Å²) in [4.78, 5) is 22.4. The fourth-order valence-electron chi connectivity index (χ4n) is 2.39. The molecule has 1 N–H and O–H groups in total. The second-order valence-corrected chi connectivity index (χ2v) is 5.42. The smallest absolute Gasteiger partial charge is 0.270 e. The first-order chi connectivity index (χ1) is 13.0. The molecule has 8 nitrogen and oxygen atoms in total. The van der Waals surface area contributed by atoms with Gasteiger partial charge in [-0.25, -0.2) is 0 Å². The summed E-state index contributed by atoms with van der Waals surface area (Å²) < 4.78 is 15.8. The van der Waals surface area contributed by atoms with Gasteiger partial charge >= 0.3 is 0 Å². The summed E-state index contributed by atoms with van der Waals surface area (Å²) in [5.41, 5.74) is 1.24. The maximum Gasteiger partial charge on any atom is 0.270 e. The lowest BCUT2D eigenvalue weighted by molar-refractivity contribution is -0.384. The number of nitrogens with one attached hydrogen (secondary N) is 1. The van der Waals surface area contributed by atoms with Crippen molar-refractivity contribution >= 4 is 17.7 Å². The number of benzene rings is 2. The summed E-state index contributed by atoms with van der Waals surface area (Å²) in [5.74, 6) is 1.25. The molecule has 142 valence electrons. The van der Waals surface area contributed by atoms with Crippen molar-refractivity contribution in [2.45, 2.75) is 6.54 Å². The van der Waals surface area contributed by atoms with Crippen molar-refractivity contribution in [3.63, 3.8) is 0 Å². The minimum atomic E-state index is -0.485. The van der Waals surface area contributed by atoms with Gasteiger partial charge in [-0.1, -0.05) is 12.1 Å². The molecule has 0 aromatic heterocycles. The summed E-state index contributed by atoms with van der Waals surface area (Å²) in [6.07, 6.45) is 2.82. The molecule has 0 spiro atoms. The van der Waals surface area contributed by atoms with Crippen molar-refractivity contribution < 1.29 is 23.9 Å². The third kappa shape index (κ3) is 5.21. The van der Waals surface area contributed by atoms with Gasteiger partial charge in [-0.05, 0) is 17.7 Å². The van der Waals surface area contributed by atoms with E-state index in [0.717, 1.165) is 0 Å². The standard InChI is InChI=1S/C19H20N2O6/c1-25-16-11-18(27-3)17(26-2)10-14(16)12-20-19(22)8-7-13-5-4-6-15(9-13)21(23)24/h4-11H,12H2,1-3H3,(H,20,22)/b8-7+. The molecule has 8 heteroatoms. The van der Waals surface area contributed by atoms with E-state index in [-0.39, 0.29) is 18.1 Å². The number of nitro benzene ring substituents is 1. The Morgan fingerprint density at radius 2 is 1.74 bits per heavy atom. The molecule has 0 saturated heterocycles. The lowest BCUT2D eigenvalue weighted by Gasteiger charge is -2.14. The molecule has 27 heavy (non-hydrogen) atoms. The highest BCUT2D eigenvalue weighted by atomic mass is 16.6. The molecule has 0 bridgehead atoms. The van der Waals surface area contributed by atoms with Crippen LogP contribution in [0, 0.1) is 10.1 Å². The zero-order valence-corrected chi connectivity index (χ0v) is 15.2. The average Bonchev–Trinajstić information content (AvgIpc) is 2.70. The van der Waals surface area contributed by atoms with Crippen LogP contribution in [0.4, 0.5) is 5.69 Å². The van der Waals surface area contributed by atoms with Crippen molar-refractivity contribution in [1.82, 2.24) is 5.32 Å². The number of carbonyl (C=O) groups excluding carboxylic acids is 1. The number of carbonyl (C=O) groups is 1. The van der Waals surface area contributed by atoms with Crippen LogP contribution in [-0.2, 0) is 11.3 Å². The Hall–Kier alpha value is -3.55. The van der Waals surface area contributed by atoms with Crippen LogP contribution in [0.3, 0.4) is 0 Å². The number of methoxy groups -OCH3 is 3. The minimum Gasteiger partial charge on any atom is -0.496 e. The number of nitro groups is 1. The van der Waals surface area contributed by atoms with Gasteiger partial charge in [0.05, 0.1) is 26.3 Å². The predicted octanol–water partition coefficient (Wildman–Crippen LogP) is 2.95. The van der Waals surface area contributed by atoms with Crippen molar-refractivity contribution in [1.29, 1.82) is 0 Å². The summed E-state index contributed by atoms with van der Waals surface area (Å²) in [7, 11) is 4.57. The number of hydrogen-bond donors (Lipinski definition) is 1. The first kappa shape index (κ1) is 19.8. The Morgan fingerprint density at radius 3 is 2.37 bits per heavy atom. The van der Waals surface area contributed by atoms with E-state index in [1.165, 1.54) is 45.6 Å². The van der Waals surface area contributed by atoms with Gasteiger partial charge in [0, 0.05) is 36.4 Å². The van der Waals surface area contributed by atoms with Gasteiger partial charge in [0.2, 0.25) is 5.91 Å². The number of nitrogens with zero attached hydrogens (tertiary/aromatic N) is 1. The summed E-state index contributed by atoms with van der Waals surface area (Å²) in [6.45, 7) is 0.210. The molecule has 0 aliphatic rings. The van der Waals surface area contributed by atoms with E-state index in [2.05, 4.69) is 5.32 Å². The van der Waals surface area contributed by atoms with Crippen LogP contribution < -0.4 is 19.5 Å². The Balaban J connectivity index is 2.07. The molecule has 0 saturated carbocycles. The van der Waals surface area contributed by atoms with Crippen LogP contribution in [-0.4, -0.2) is 32.2 Å². The zero-order valence-electron chi connectivity index (χ0n) is 15.2. The monoisotopic (exact) mass is 372 g/mol. The highest BCUT2D eigenvalue weighted by Crippen LogP contribution is 2.34. The Bertz CT molecular complexity index is 863. The molecule has 0 unspecified atom stereocenters. The molecular formula is C19H20N2O6. The molecule has 0 fully saturated rings. The summed E-state index contributed by atoms with van der Waals surface area (Å²) >= 11 is 0. The van der Waals surface area contributed by atoms with E-state index in [4.69, 9.17) is 14.2 Å².